The minimum absolute atomic E-state index is 0.128. The molecule has 1 fully saturated rings. The molecule has 4 nitrogen and oxygen atoms in total. The maximum Gasteiger partial charge on any atom is 0.310 e. The standard InChI is InChI=1S/C10H13NO3/c1-2-14-10(13)7-4-3-5-9(12)8(7)6-11/h7-8H,2-5H2,1H3. The predicted molar refractivity (Wildman–Crippen MR) is 48.1 cm³/mol. The topological polar surface area (TPSA) is 67.2 Å². The summed E-state index contributed by atoms with van der Waals surface area (Å²) in [6, 6.07) is 1.89. The third-order valence-electron chi connectivity index (χ3n) is 2.42. The Kier molecular flexibility index (Phi) is 3.63. The van der Waals surface area contributed by atoms with Crippen molar-refractivity contribution in [1.82, 2.24) is 0 Å². The van der Waals surface area contributed by atoms with E-state index in [2.05, 4.69) is 0 Å². The molecule has 0 aromatic heterocycles. The lowest BCUT2D eigenvalue weighted by Crippen LogP contribution is -2.33. The van der Waals surface area contributed by atoms with Crippen molar-refractivity contribution in [3.05, 3.63) is 0 Å². The zero-order chi connectivity index (χ0) is 10.6. The highest BCUT2D eigenvalue weighted by atomic mass is 16.5. The Morgan fingerprint density at radius 1 is 1.71 bits per heavy atom. The molecule has 1 aliphatic rings. The summed E-state index contributed by atoms with van der Waals surface area (Å²) in [6.07, 6.45) is 1.68. The molecule has 0 heterocycles. The molecule has 0 spiro atoms. The first kappa shape index (κ1) is 10.7. The van der Waals surface area contributed by atoms with Gasteiger partial charge in [0, 0.05) is 6.42 Å². The molecule has 1 saturated carbocycles. The Hall–Kier alpha value is -1.37. The fourth-order valence-corrected chi connectivity index (χ4v) is 1.71. The van der Waals surface area contributed by atoms with Crippen molar-refractivity contribution in [3.8, 4) is 6.07 Å². The van der Waals surface area contributed by atoms with Crippen LogP contribution in [0.5, 0.6) is 0 Å². The fraction of sp³-hybridized carbons (Fsp3) is 0.700. The van der Waals surface area contributed by atoms with Crippen molar-refractivity contribution in [2.75, 3.05) is 6.61 Å². The molecule has 2 atom stereocenters. The van der Waals surface area contributed by atoms with Crippen molar-refractivity contribution >= 4 is 11.8 Å². The van der Waals surface area contributed by atoms with Gasteiger partial charge >= 0.3 is 5.97 Å². The van der Waals surface area contributed by atoms with Crippen LogP contribution in [0.2, 0.25) is 0 Å². The van der Waals surface area contributed by atoms with Gasteiger partial charge in [-0.15, -0.1) is 0 Å². The lowest BCUT2D eigenvalue weighted by molar-refractivity contribution is -0.152. The van der Waals surface area contributed by atoms with Crippen LogP contribution < -0.4 is 0 Å². The summed E-state index contributed by atoms with van der Waals surface area (Å²) in [6.45, 7) is 2.01. The van der Waals surface area contributed by atoms with Gasteiger partial charge < -0.3 is 4.74 Å². The molecule has 0 radical (unpaired) electrons. The molecular weight excluding hydrogens is 182 g/mol. The van der Waals surface area contributed by atoms with Crippen molar-refractivity contribution < 1.29 is 14.3 Å². The third-order valence-corrected chi connectivity index (χ3v) is 2.42. The molecule has 4 heteroatoms. The van der Waals surface area contributed by atoms with Crippen LogP contribution in [0.4, 0.5) is 0 Å². The lowest BCUT2D eigenvalue weighted by Gasteiger charge is -2.23. The van der Waals surface area contributed by atoms with E-state index in [1.165, 1.54) is 0 Å². The molecule has 0 aliphatic heterocycles. The summed E-state index contributed by atoms with van der Waals surface area (Å²) in [4.78, 5) is 22.7. The summed E-state index contributed by atoms with van der Waals surface area (Å²) in [5.74, 6) is -1.87. The van der Waals surface area contributed by atoms with Gasteiger partial charge in [-0.1, -0.05) is 0 Å². The lowest BCUT2D eigenvalue weighted by atomic mass is 9.79. The van der Waals surface area contributed by atoms with Crippen LogP contribution in [0.15, 0.2) is 0 Å². The zero-order valence-corrected chi connectivity index (χ0v) is 8.16. The van der Waals surface area contributed by atoms with Crippen LogP contribution in [0, 0.1) is 23.2 Å². The molecular formula is C10H13NO3. The maximum atomic E-state index is 11.4. The molecule has 76 valence electrons. The van der Waals surface area contributed by atoms with E-state index in [1.54, 1.807) is 6.92 Å². The quantitative estimate of drug-likeness (QED) is 0.618. The van der Waals surface area contributed by atoms with Gasteiger partial charge in [0.15, 0.2) is 5.78 Å². The van der Waals surface area contributed by atoms with E-state index in [-0.39, 0.29) is 5.78 Å². The number of carbonyl (C=O) groups excluding carboxylic acids is 2. The number of carbonyl (C=O) groups is 2. The third kappa shape index (κ3) is 2.11. The van der Waals surface area contributed by atoms with Gasteiger partial charge in [0.1, 0.15) is 5.92 Å². The second kappa shape index (κ2) is 4.75. The summed E-state index contributed by atoms with van der Waals surface area (Å²) < 4.78 is 4.82. The minimum Gasteiger partial charge on any atom is -0.466 e. The van der Waals surface area contributed by atoms with E-state index in [0.717, 1.165) is 0 Å². The Morgan fingerprint density at radius 3 is 3.00 bits per heavy atom. The number of ether oxygens (including phenoxy) is 1. The Labute approximate surface area is 82.8 Å². The molecule has 0 N–H and O–H groups in total. The van der Waals surface area contributed by atoms with E-state index in [1.807, 2.05) is 6.07 Å². The number of nitriles is 1. The fourth-order valence-electron chi connectivity index (χ4n) is 1.71. The first-order chi connectivity index (χ1) is 6.70. The summed E-state index contributed by atoms with van der Waals surface area (Å²) in [7, 11) is 0. The van der Waals surface area contributed by atoms with Crippen molar-refractivity contribution in [1.29, 1.82) is 5.26 Å². The van der Waals surface area contributed by atoms with E-state index in [9.17, 15) is 9.59 Å². The largest absolute Gasteiger partial charge is 0.466 e. The van der Waals surface area contributed by atoms with Crippen molar-refractivity contribution in [2.45, 2.75) is 26.2 Å². The van der Waals surface area contributed by atoms with Gasteiger partial charge in [0.2, 0.25) is 0 Å². The number of Topliss-reactive ketones (excluding diaryl/α,β-unsaturated/α-hetero) is 1. The SMILES string of the molecule is CCOC(=O)C1CCCC(=O)C1C#N. The number of esters is 1. The van der Waals surface area contributed by atoms with Crippen molar-refractivity contribution in [3.63, 3.8) is 0 Å². The van der Waals surface area contributed by atoms with Crippen LogP contribution in [0.25, 0.3) is 0 Å². The summed E-state index contributed by atoms with van der Waals surface area (Å²) in [5, 5.41) is 8.77. The highest BCUT2D eigenvalue weighted by Crippen LogP contribution is 2.27. The van der Waals surface area contributed by atoms with E-state index in [0.29, 0.717) is 25.9 Å². The monoisotopic (exact) mass is 195 g/mol. The summed E-state index contributed by atoms with van der Waals surface area (Å²) >= 11 is 0. The highest BCUT2D eigenvalue weighted by molar-refractivity contribution is 5.89. The van der Waals surface area contributed by atoms with E-state index >= 15 is 0 Å². The van der Waals surface area contributed by atoms with Gasteiger partial charge in [-0.25, -0.2) is 0 Å². The average Bonchev–Trinajstić information content (AvgIpc) is 2.17. The Bertz CT molecular complexity index is 280. The van der Waals surface area contributed by atoms with Gasteiger partial charge in [-0.05, 0) is 19.8 Å². The number of nitrogens with zero attached hydrogens (tertiary/aromatic N) is 1. The Morgan fingerprint density at radius 2 is 2.43 bits per heavy atom. The Balaban J connectivity index is 2.71. The van der Waals surface area contributed by atoms with Crippen LogP contribution in [0.1, 0.15) is 26.2 Å². The molecule has 1 rings (SSSR count). The molecule has 2 unspecified atom stereocenters. The molecule has 0 aromatic rings. The van der Waals surface area contributed by atoms with Gasteiger partial charge in [0.05, 0.1) is 18.6 Å². The van der Waals surface area contributed by atoms with E-state index in [4.69, 9.17) is 10.00 Å². The van der Waals surface area contributed by atoms with Crippen LogP contribution in [-0.4, -0.2) is 18.4 Å². The zero-order valence-electron chi connectivity index (χ0n) is 8.16. The van der Waals surface area contributed by atoms with Crippen LogP contribution >= 0.6 is 0 Å². The smallest absolute Gasteiger partial charge is 0.310 e. The van der Waals surface area contributed by atoms with Gasteiger partial charge in [-0.3, -0.25) is 9.59 Å². The predicted octanol–water partition coefficient (Wildman–Crippen LogP) is 1.06. The van der Waals surface area contributed by atoms with Gasteiger partial charge in [0.25, 0.3) is 0 Å². The number of rotatable bonds is 2. The first-order valence-electron chi connectivity index (χ1n) is 4.79. The van der Waals surface area contributed by atoms with Crippen LogP contribution in [0.3, 0.4) is 0 Å². The molecule has 0 saturated heterocycles. The molecule has 1 aliphatic carbocycles. The van der Waals surface area contributed by atoms with Gasteiger partial charge in [-0.2, -0.15) is 5.26 Å². The normalized spacial score (nSPS) is 26.7. The second-order valence-corrected chi connectivity index (χ2v) is 3.32. The second-order valence-electron chi connectivity index (χ2n) is 3.32. The summed E-state index contributed by atoms with van der Waals surface area (Å²) in [5.41, 5.74) is 0. The van der Waals surface area contributed by atoms with Crippen LogP contribution in [-0.2, 0) is 14.3 Å². The number of ketones is 1. The number of hydrogen-bond acceptors (Lipinski definition) is 4. The first-order valence-corrected chi connectivity index (χ1v) is 4.79. The molecule has 0 amide bonds. The molecule has 14 heavy (non-hydrogen) atoms. The van der Waals surface area contributed by atoms with E-state index < -0.39 is 17.8 Å². The highest BCUT2D eigenvalue weighted by Gasteiger charge is 2.37. The average molecular weight is 195 g/mol. The molecule has 0 aromatic carbocycles. The molecule has 0 bridgehead atoms. The maximum absolute atomic E-state index is 11.4. The number of hydrogen-bond donors (Lipinski definition) is 0. The van der Waals surface area contributed by atoms with Crippen molar-refractivity contribution in [2.24, 2.45) is 11.8 Å². The minimum atomic E-state index is -0.789.